The lowest BCUT2D eigenvalue weighted by atomic mass is 10.3. The molecule has 144 valence electrons. The molecule has 1 aliphatic rings. The Bertz CT molecular complexity index is 1080. The molecule has 0 amide bonds. The number of anilines is 1. The zero-order chi connectivity index (χ0) is 18.9. The summed E-state index contributed by atoms with van der Waals surface area (Å²) in [6.07, 6.45) is 5.33. The summed E-state index contributed by atoms with van der Waals surface area (Å²) in [6.45, 7) is 4.62. The quantitative estimate of drug-likeness (QED) is 0.506. The first-order chi connectivity index (χ1) is 13.7. The van der Waals surface area contributed by atoms with Crippen LogP contribution in [0.4, 0.5) is 5.82 Å². The van der Waals surface area contributed by atoms with Gasteiger partial charge in [-0.25, -0.2) is 9.50 Å². The third-order valence-electron chi connectivity index (χ3n) is 4.82. The van der Waals surface area contributed by atoms with E-state index in [2.05, 4.69) is 30.1 Å². The summed E-state index contributed by atoms with van der Waals surface area (Å²) < 4.78 is 9.67. The molecular formula is C18H20N8OS. The zero-order valence-corrected chi connectivity index (χ0v) is 16.3. The van der Waals surface area contributed by atoms with Gasteiger partial charge in [0.15, 0.2) is 15.9 Å². The Morgan fingerprint density at radius 2 is 2.00 bits per heavy atom. The van der Waals surface area contributed by atoms with Gasteiger partial charge in [0, 0.05) is 45.6 Å². The molecule has 0 spiro atoms. The molecule has 1 aliphatic heterocycles. The van der Waals surface area contributed by atoms with Crippen LogP contribution in [0.25, 0.3) is 5.65 Å². The van der Waals surface area contributed by atoms with Gasteiger partial charge in [-0.15, -0.1) is 15.3 Å². The lowest BCUT2D eigenvalue weighted by Gasteiger charge is -2.34. The molecule has 0 atom stereocenters. The van der Waals surface area contributed by atoms with E-state index in [1.165, 1.54) is 11.8 Å². The van der Waals surface area contributed by atoms with E-state index in [1.807, 2.05) is 46.6 Å². The minimum atomic E-state index is 0.807. The van der Waals surface area contributed by atoms with E-state index >= 15 is 0 Å². The van der Waals surface area contributed by atoms with Crippen LogP contribution in [0, 0.1) is 0 Å². The van der Waals surface area contributed by atoms with E-state index in [1.54, 1.807) is 12.5 Å². The molecule has 10 heteroatoms. The molecule has 4 aromatic rings. The van der Waals surface area contributed by atoms with Crippen molar-refractivity contribution >= 4 is 23.2 Å². The summed E-state index contributed by atoms with van der Waals surface area (Å²) in [6, 6.07) is 8.09. The average molecular weight is 396 g/mol. The van der Waals surface area contributed by atoms with Crippen LogP contribution < -0.4 is 4.90 Å². The van der Waals surface area contributed by atoms with Crippen molar-refractivity contribution in [3.05, 3.63) is 48.7 Å². The van der Waals surface area contributed by atoms with Gasteiger partial charge in [0.25, 0.3) is 0 Å². The van der Waals surface area contributed by atoms with Crippen molar-refractivity contribution in [2.24, 2.45) is 7.05 Å². The molecule has 5 rings (SSSR count). The SMILES string of the molecule is Cn1cnnc1Sc1ccc(CN2CCN(c3ccc4nccn4n3)CC2)o1. The second kappa shape index (κ2) is 7.28. The van der Waals surface area contributed by atoms with Crippen LogP contribution in [0.1, 0.15) is 5.76 Å². The fourth-order valence-electron chi connectivity index (χ4n) is 3.28. The Morgan fingerprint density at radius 1 is 1.11 bits per heavy atom. The summed E-state index contributed by atoms with van der Waals surface area (Å²) in [4.78, 5) is 8.96. The van der Waals surface area contributed by atoms with E-state index in [-0.39, 0.29) is 0 Å². The first-order valence-corrected chi connectivity index (χ1v) is 9.94. The van der Waals surface area contributed by atoms with Gasteiger partial charge in [-0.1, -0.05) is 0 Å². The lowest BCUT2D eigenvalue weighted by Crippen LogP contribution is -2.46. The van der Waals surface area contributed by atoms with Gasteiger partial charge < -0.3 is 13.9 Å². The lowest BCUT2D eigenvalue weighted by molar-refractivity contribution is 0.224. The van der Waals surface area contributed by atoms with Crippen LogP contribution >= 0.6 is 11.8 Å². The summed E-state index contributed by atoms with van der Waals surface area (Å²) in [7, 11) is 1.92. The van der Waals surface area contributed by atoms with Crippen molar-refractivity contribution in [1.29, 1.82) is 0 Å². The number of piperazine rings is 1. The molecule has 0 radical (unpaired) electrons. The van der Waals surface area contributed by atoms with Gasteiger partial charge in [0.05, 0.1) is 6.54 Å². The second-order valence-electron chi connectivity index (χ2n) is 6.73. The molecular weight excluding hydrogens is 376 g/mol. The highest BCUT2D eigenvalue weighted by Crippen LogP contribution is 2.27. The Hall–Kier alpha value is -2.85. The van der Waals surface area contributed by atoms with Crippen molar-refractivity contribution in [2.75, 3.05) is 31.1 Å². The number of nitrogens with zero attached hydrogens (tertiary/aromatic N) is 8. The van der Waals surface area contributed by atoms with Crippen molar-refractivity contribution in [3.63, 3.8) is 0 Å². The van der Waals surface area contributed by atoms with Crippen molar-refractivity contribution in [3.8, 4) is 0 Å². The third-order valence-corrected chi connectivity index (χ3v) is 5.79. The molecule has 28 heavy (non-hydrogen) atoms. The first kappa shape index (κ1) is 17.3. The molecule has 1 saturated heterocycles. The van der Waals surface area contributed by atoms with Crippen LogP contribution in [0.15, 0.2) is 57.7 Å². The maximum Gasteiger partial charge on any atom is 0.198 e. The van der Waals surface area contributed by atoms with Gasteiger partial charge in [0.2, 0.25) is 0 Å². The summed E-state index contributed by atoms with van der Waals surface area (Å²) >= 11 is 1.48. The molecule has 9 nitrogen and oxygen atoms in total. The number of aromatic nitrogens is 6. The fourth-order valence-corrected chi connectivity index (χ4v) is 4.03. The molecule has 0 unspecified atom stereocenters. The van der Waals surface area contributed by atoms with Crippen molar-refractivity contribution < 1.29 is 4.42 Å². The zero-order valence-electron chi connectivity index (χ0n) is 15.5. The van der Waals surface area contributed by atoms with Gasteiger partial charge in [-0.05, 0) is 36.0 Å². The number of aryl methyl sites for hydroxylation is 1. The van der Waals surface area contributed by atoms with Gasteiger partial charge >= 0.3 is 0 Å². The Labute approximate surface area is 166 Å². The van der Waals surface area contributed by atoms with Crippen LogP contribution in [-0.4, -0.2) is 60.4 Å². The molecule has 0 aliphatic carbocycles. The number of rotatable bonds is 5. The Morgan fingerprint density at radius 3 is 2.82 bits per heavy atom. The normalized spacial score (nSPS) is 15.5. The summed E-state index contributed by atoms with van der Waals surface area (Å²) in [5.41, 5.74) is 0.871. The maximum atomic E-state index is 5.97. The monoisotopic (exact) mass is 396 g/mol. The van der Waals surface area contributed by atoms with E-state index in [0.717, 1.165) is 60.2 Å². The number of hydrogen-bond acceptors (Lipinski definition) is 8. The van der Waals surface area contributed by atoms with Crippen molar-refractivity contribution in [2.45, 2.75) is 16.8 Å². The highest BCUT2D eigenvalue weighted by atomic mass is 32.2. The van der Waals surface area contributed by atoms with Crippen LogP contribution in [0.3, 0.4) is 0 Å². The van der Waals surface area contributed by atoms with Crippen LogP contribution in [0.5, 0.6) is 0 Å². The maximum absolute atomic E-state index is 5.97. The fraction of sp³-hybridized carbons (Fsp3) is 0.333. The van der Waals surface area contributed by atoms with Crippen LogP contribution in [0.2, 0.25) is 0 Å². The number of fused-ring (bicyclic) bond motifs is 1. The molecule has 4 aromatic heterocycles. The molecule has 1 fully saturated rings. The Kier molecular flexibility index (Phi) is 4.49. The Balaban J connectivity index is 1.18. The largest absolute Gasteiger partial charge is 0.453 e. The topological polar surface area (TPSA) is 80.5 Å². The highest BCUT2D eigenvalue weighted by molar-refractivity contribution is 7.99. The number of furan rings is 1. The van der Waals surface area contributed by atoms with Crippen LogP contribution in [-0.2, 0) is 13.6 Å². The van der Waals surface area contributed by atoms with Crippen molar-refractivity contribution in [1.82, 2.24) is 34.3 Å². The number of hydrogen-bond donors (Lipinski definition) is 0. The predicted octanol–water partition coefficient (Wildman–Crippen LogP) is 1.92. The smallest absolute Gasteiger partial charge is 0.198 e. The third kappa shape index (κ3) is 3.48. The van der Waals surface area contributed by atoms with E-state index in [4.69, 9.17) is 4.42 Å². The second-order valence-corrected chi connectivity index (χ2v) is 7.70. The predicted molar refractivity (Wildman–Crippen MR) is 104 cm³/mol. The minimum Gasteiger partial charge on any atom is -0.453 e. The van der Waals surface area contributed by atoms with E-state index < -0.39 is 0 Å². The van der Waals surface area contributed by atoms with Gasteiger partial charge in [0.1, 0.15) is 17.9 Å². The minimum absolute atomic E-state index is 0.807. The summed E-state index contributed by atoms with van der Waals surface area (Å²) in [5.74, 6) is 1.96. The highest BCUT2D eigenvalue weighted by Gasteiger charge is 2.20. The van der Waals surface area contributed by atoms with E-state index in [9.17, 15) is 0 Å². The molecule has 0 saturated carbocycles. The standard InChI is InChI=1S/C18H20N8OS/c1-23-13-20-21-18(23)28-17-5-2-14(27-17)12-24-8-10-25(11-9-24)16-4-3-15-19-6-7-26(15)22-16/h2-7,13H,8-12H2,1H3. The molecule has 5 heterocycles. The first-order valence-electron chi connectivity index (χ1n) is 9.13. The molecule has 0 aromatic carbocycles. The molecule has 0 N–H and O–H groups in total. The van der Waals surface area contributed by atoms with Gasteiger partial charge in [-0.3, -0.25) is 4.90 Å². The van der Waals surface area contributed by atoms with Gasteiger partial charge in [-0.2, -0.15) is 0 Å². The average Bonchev–Trinajstić information content (AvgIpc) is 3.44. The number of imidazole rings is 1. The van der Waals surface area contributed by atoms with E-state index in [0.29, 0.717) is 0 Å². The molecule has 0 bridgehead atoms. The summed E-state index contributed by atoms with van der Waals surface area (Å²) in [5, 5.41) is 14.3.